The number of ketones is 1. The van der Waals surface area contributed by atoms with E-state index in [1.807, 2.05) is 0 Å². The lowest BCUT2D eigenvalue weighted by Gasteiger charge is -2.38. The molecule has 1 aliphatic heterocycles. The van der Waals surface area contributed by atoms with Crippen molar-refractivity contribution in [1.82, 2.24) is 4.90 Å². The molecule has 1 saturated heterocycles. The summed E-state index contributed by atoms with van der Waals surface area (Å²) in [5, 5.41) is 0. The molecule has 2 fully saturated rings. The van der Waals surface area contributed by atoms with Crippen molar-refractivity contribution in [2.24, 2.45) is 17.6 Å². The van der Waals surface area contributed by atoms with Crippen molar-refractivity contribution in [3.63, 3.8) is 0 Å². The largest absolute Gasteiger partial charge is 0.445 e. The second-order valence-electron chi connectivity index (χ2n) is 10.4. The summed E-state index contributed by atoms with van der Waals surface area (Å²) < 4.78 is 42.2. The summed E-state index contributed by atoms with van der Waals surface area (Å²) in [5.74, 6) is -1.38. The molecule has 206 valence electrons. The van der Waals surface area contributed by atoms with Gasteiger partial charge in [0.25, 0.3) is 5.91 Å². The van der Waals surface area contributed by atoms with Crippen LogP contribution in [0.3, 0.4) is 0 Å². The van der Waals surface area contributed by atoms with E-state index < -0.39 is 27.3 Å². The van der Waals surface area contributed by atoms with Gasteiger partial charge in [0.05, 0.1) is 0 Å². The van der Waals surface area contributed by atoms with Gasteiger partial charge in [0.2, 0.25) is 0 Å². The fourth-order valence-corrected chi connectivity index (χ4v) is 7.13. The Morgan fingerprint density at radius 2 is 1.68 bits per heavy atom. The molecular formula is C27H33FN2O6S2. The highest BCUT2D eigenvalue weighted by atomic mass is 32.2. The quantitative estimate of drug-likeness (QED) is 0.362. The van der Waals surface area contributed by atoms with Gasteiger partial charge in [-0.05, 0) is 107 Å². The van der Waals surface area contributed by atoms with Gasteiger partial charge >= 0.3 is 5.97 Å². The maximum Gasteiger partial charge on any atom is 0.349 e. The number of hydrogen-bond acceptors (Lipinski definition) is 8. The van der Waals surface area contributed by atoms with E-state index in [2.05, 4.69) is 4.90 Å². The van der Waals surface area contributed by atoms with Crippen LogP contribution in [-0.4, -0.2) is 62.5 Å². The van der Waals surface area contributed by atoms with Crippen LogP contribution in [-0.2, 0) is 19.4 Å². The molecule has 0 atom stereocenters. The molecule has 8 nitrogen and oxygen atoms in total. The highest BCUT2D eigenvalue weighted by Gasteiger charge is 2.44. The number of nitrogens with zero attached hydrogens (tertiary/aromatic N) is 1. The standard InChI is InChI=1S/C27H33FN2O6S2/c1-38(34,35)23-7-6-22(37-23)25(32)36-27(26(29)33)13-8-18(9-14-27)10-15-30-16-11-20(12-17-30)24(31)19-2-4-21(28)5-3-19/h2-7,18,20H,8-17H2,1H3,(H2,29,33). The van der Waals surface area contributed by atoms with E-state index in [1.165, 1.54) is 24.3 Å². The third-order valence-corrected chi connectivity index (χ3v) is 10.6. The van der Waals surface area contributed by atoms with Crippen molar-refractivity contribution in [2.75, 3.05) is 25.9 Å². The third kappa shape index (κ3) is 6.68. The molecule has 38 heavy (non-hydrogen) atoms. The average Bonchev–Trinajstić information content (AvgIpc) is 3.40. The number of amides is 1. The van der Waals surface area contributed by atoms with Crippen LogP contribution in [0.25, 0.3) is 0 Å². The van der Waals surface area contributed by atoms with Crippen molar-refractivity contribution in [1.29, 1.82) is 0 Å². The molecule has 1 saturated carbocycles. The van der Waals surface area contributed by atoms with Gasteiger partial charge in [-0.2, -0.15) is 0 Å². The van der Waals surface area contributed by atoms with Crippen molar-refractivity contribution in [3.8, 4) is 0 Å². The summed E-state index contributed by atoms with van der Waals surface area (Å²) in [6.07, 6.45) is 5.58. The molecule has 4 rings (SSSR count). The van der Waals surface area contributed by atoms with E-state index in [4.69, 9.17) is 10.5 Å². The summed E-state index contributed by atoms with van der Waals surface area (Å²) in [6, 6.07) is 8.47. The number of carbonyl (C=O) groups excluding carboxylic acids is 3. The van der Waals surface area contributed by atoms with E-state index in [9.17, 15) is 27.2 Å². The smallest absolute Gasteiger partial charge is 0.349 e. The molecule has 0 spiro atoms. The maximum atomic E-state index is 13.1. The lowest BCUT2D eigenvalue weighted by atomic mass is 9.77. The molecular weight excluding hydrogens is 531 g/mol. The molecule has 0 unspecified atom stereocenters. The molecule has 2 heterocycles. The first-order valence-electron chi connectivity index (χ1n) is 12.8. The monoisotopic (exact) mass is 564 g/mol. The molecule has 11 heteroatoms. The topological polar surface area (TPSA) is 124 Å². The van der Waals surface area contributed by atoms with Gasteiger partial charge in [0.15, 0.2) is 21.2 Å². The Morgan fingerprint density at radius 3 is 2.24 bits per heavy atom. The molecule has 1 aromatic carbocycles. The van der Waals surface area contributed by atoms with E-state index in [-0.39, 0.29) is 26.6 Å². The number of halogens is 1. The molecule has 1 aliphatic carbocycles. The number of carbonyl (C=O) groups is 3. The molecule has 1 amide bonds. The van der Waals surface area contributed by atoms with Crippen molar-refractivity contribution in [2.45, 2.75) is 54.8 Å². The van der Waals surface area contributed by atoms with Crippen LogP contribution >= 0.6 is 11.3 Å². The highest BCUT2D eigenvalue weighted by molar-refractivity contribution is 7.92. The van der Waals surface area contributed by atoms with E-state index in [0.717, 1.165) is 56.5 Å². The minimum absolute atomic E-state index is 0.0471. The SMILES string of the molecule is CS(=O)(=O)c1ccc(C(=O)OC2(C(N)=O)CCC(CCN3CCC(C(=O)c4ccc(F)cc4)CC3)CC2)s1. The lowest BCUT2D eigenvalue weighted by Crippen LogP contribution is -2.50. The first-order valence-corrected chi connectivity index (χ1v) is 15.5. The predicted molar refractivity (Wildman–Crippen MR) is 141 cm³/mol. The Labute approximate surface area is 226 Å². The van der Waals surface area contributed by atoms with Crippen LogP contribution < -0.4 is 5.73 Å². The van der Waals surface area contributed by atoms with Crippen LogP contribution in [0.4, 0.5) is 4.39 Å². The van der Waals surface area contributed by atoms with Crippen LogP contribution in [0, 0.1) is 17.7 Å². The lowest BCUT2D eigenvalue weighted by molar-refractivity contribution is -0.141. The van der Waals surface area contributed by atoms with Gasteiger partial charge in [-0.15, -0.1) is 11.3 Å². The average molecular weight is 565 g/mol. The first kappa shape index (κ1) is 28.4. The number of esters is 1. The molecule has 1 aromatic heterocycles. The van der Waals surface area contributed by atoms with Crippen LogP contribution in [0.1, 0.15) is 65.0 Å². The van der Waals surface area contributed by atoms with Crippen LogP contribution in [0.15, 0.2) is 40.6 Å². The van der Waals surface area contributed by atoms with E-state index in [1.54, 1.807) is 12.1 Å². The number of piperidine rings is 1. The fraction of sp³-hybridized carbons (Fsp3) is 0.519. The van der Waals surface area contributed by atoms with E-state index >= 15 is 0 Å². The number of nitrogens with two attached hydrogens (primary N) is 1. The number of hydrogen-bond donors (Lipinski definition) is 1. The Bertz CT molecular complexity index is 1270. The van der Waals surface area contributed by atoms with Gasteiger partial charge in [0, 0.05) is 17.7 Å². The van der Waals surface area contributed by atoms with E-state index in [0.29, 0.717) is 37.2 Å². The number of benzene rings is 1. The second kappa shape index (κ2) is 11.6. The number of primary amides is 1. The summed E-state index contributed by atoms with van der Waals surface area (Å²) in [6.45, 7) is 2.53. The van der Waals surface area contributed by atoms with Crippen molar-refractivity contribution in [3.05, 3.63) is 52.7 Å². The Morgan fingerprint density at radius 1 is 1.05 bits per heavy atom. The summed E-state index contributed by atoms with van der Waals surface area (Å²) in [5.41, 5.74) is 4.83. The number of likely N-dealkylation sites (tertiary alicyclic amines) is 1. The minimum atomic E-state index is -3.44. The van der Waals surface area contributed by atoms with Crippen LogP contribution in [0.2, 0.25) is 0 Å². The Hall–Kier alpha value is -2.63. The maximum absolute atomic E-state index is 13.1. The first-order chi connectivity index (χ1) is 18.0. The zero-order valence-corrected chi connectivity index (χ0v) is 23.0. The number of ether oxygens (including phenoxy) is 1. The molecule has 2 aliphatic rings. The van der Waals surface area contributed by atoms with Gasteiger partial charge in [-0.25, -0.2) is 17.6 Å². The normalized spacial score (nSPS) is 23.2. The van der Waals surface area contributed by atoms with Crippen molar-refractivity contribution < 1.29 is 31.9 Å². The summed E-state index contributed by atoms with van der Waals surface area (Å²) in [7, 11) is -3.44. The number of rotatable bonds is 9. The number of Topliss-reactive ketones (excluding diaryl/α,β-unsaturated/α-hetero) is 1. The second-order valence-corrected chi connectivity index (χ2v) is 13.7. The molecule has 0 bridgehead atoms. The van der Waals surface area contributed by atoms with Crippen LogP contribution in [0.5, 0.6) is 0 Å². The highest BCUT2D eigenvalue weighted by Crippen LogP contribution is 2.38. The molecule has 2 aromatic rings. The zero-order chi connectivity index (χ0) is 27.5. The minimum Gasteiger partial charge on any atom is -0.445 e. The zero-order valence-electron chi connectivity index (χ0n) is 21.4. The number of sulfone groups is 1. The summed E-state index contributed by atoms with van der Waals surface area (Å²) in [4.78, 5) is 40.2. The Balaban J connectivity index is 1.24. The molecule has 0 radical (unpaired) electrons. The Kier molecular flexibility index (Phi) is 8.68. The van der Waals surface area contributed by atoms with Gasteiger partial charge in [-0.3, -0.25) is 9.59 Å². The summed E-state index contributed by atoms with van der Waals surface area (Å²) >= 11 is 0.816. The predicted octanol–water partition coefficient (Wildman–Crippen LogP) is 3.85. The van der Waals surface area contributed by atoms with Gasteiger partial charge < -0.3 is 15.4 Å². The molecule has 2 N–H and O–H groups in total. The third-order valence-electron chi connectivity index (χ3n) is 7.74. The van der Waals surface area contributed by atoms with Gasteiger partial charge in [0.1, 0.15) is 14.9 Å². The van der Waals surface area contributed by atoms with Gasteiger partial charge in [-0.1, -0.05) is 0 Å². The fourth-order valence-electron chi connectivity index (χ4n) is 5.32. The number of thiophene rings is 1. The van der Waals surface area contributed by atoms with Crippen molar-refractivity contribution >= 4 is 38.8 Å².